The highest BCUT2D eigenvalue weighted by Gasteiger charge is 2.30. The first-order chi connectivity index (χ1) is 16.0. The second-order valence-electron chi connectivity index (χ2n) is 8.86. The van der Waals surface area contributed by atoms with Crippen molar-refractivity contribution in [2.24, 2.45) is 5.92 Å². The number of aromatic hydroxyl groups is 1. The van der Waals surface area contributed by atoms with Crippen molar-refractivity contribution in [2.75, 3.05) is 6.54 Å². The molecule has 0 spiro atoms. The van der Waals surface area contributed by atoms with Gasteiger partial charge >= 0.3 is 0 Å². The molecule has 5 amide bonds. The molecule has 1 aromatic rings. The summed E-state index contributed by atoms with van der Waals surface area (Å²) in [6.45, 7) is 6.33. The molecule has 0 saturated carbocycles. The van der Waals surface area contributed by atoms with E-state index in [-0.39, 0.29) is 24.6 Å². The van der Waals surface area contributed by atoms with E-state index in [1.165, 1.54) is 26.0 Å². The van der Waals surface area contributed by atoms with Crippen molar-refractivity contribution >= 4 is 29.5 Å². The van der Waals surface area contributed by atoms with Gasteiger partial charge in [0.15, 0.2) is 0 Å². The summed E-state index contributed by atoms with van der Waals surface area (Å²) in [5.74, 6) is -2.81. The molecule has 6 N–H and O–H groups in total. The minimum atomic E-state index is -1.05. The van der Waals surface area contributed by atoms with Crippen LogP contribution in [0.2, 0.25) is 0 Å². The Morgan fingerprint density at radius 2 is 1.35 bits per heavy atom. The third kappa shape index (κ3) is 8.05. The maximum absolute atomic E-state index is 13.2. The van der Waals surface area contributed by atoms with Crippen molar-refractivity contribution in [1.82, 2.24) is 26.6 Å². The molecule has 1 heterocycles. The topological polar surface area (TPSA) is 166 Å². The summed E-state index contributed by atoms with van der Waals surface area (Å²) in [7, 11) is 0. The van der Waals surface area contributed by atoms with Gasteiger partial charge in [0, 0.05) is 6.42 Å². The van der Waals surface area contributed by atoms with Crippen LogP contribution in [0.4, 0.5) is 0 Å². The summed E-state index contributed by atoms with van der Waals surface area (Å²) < 4.78 is 0. The molecule has 1 saturated heterocycles. The monoisotopic (exact) mass is 475 g/mol. The van der Waals surface area contributed by atoms with Gasteiger partial charge in [0.05, 0.1) is 6.54 Å². The Kier molecular flexibility index (Phi) is 9.40. The zero-order valence-corrected chi connectivity index (χ0v) is 19.8. The van der Waals surface area contributed by atoms with Crippen molar-refractivity contribution in [3.63, 3.8) is 0 Å². The van der Waals surface area contributed by atoms with E-state index in [4.69, 9.17) is 0 Å². The lowest BCUT2D eigenvalue weighted by Gasteiger charge is -2.25. The van der Waals surface area contributed by atoms with Crippen LogP contribution in [0.1, 0.15) is 39.7 Å². The molecule has 0 aliphatic carbocycles. The fourth-order valence-electron chi connectivity index (χ4n) is 3.41. The average molecular weight is 476 g/mol. The van der Waals surface area contributed by atoms with Crippen LogP contribution >= 0.6 is 0 Å². The third-order valence-corrected chi connectivity index (χ3v) is 5.30. The molecular formula is C23H33N5O6. The smallest absolute Gasteiger partial charge is 0.243 e. The number of rotatable bonds is 4. The van der Waals surface area contributed by atoms with E-state index in [2.05, 4.69) is 26.6 Å². The van der Waals surface area contributed by atoms with Crippen LogP contribution in [0.15, 0.2) is 24.3 Å². The minimum Gasteiger partial charge on any atom is -0.508 e. The summed E-state index contributed by atoms with van der Waals surface area (Å²) in [4.78, 5) is 63.2. The molecule has 0 bridgehead atoms. The van der Waals surface area contributed by atoms with Crippen molar-refractivity contribution in [1.29, 1.82) is 0 Å². The van der Waals surface area contributed by atoms with Gasteiger partial charge in [0.2, 0.25) is 29.5 Å². The highest BCUT2D eigenvalue weighted by Crippen LogP contribution is 2.12. The predicted octanol–water partition coefficient (Wildman–Crippen LogP) is -0.910. The Morgan fingerprint density at radius 1 is 0.794 bits per heavy atom. The van der Waals surface area contributed by atoms with Gasteiger partial charge in [-0.05, 0) is 43.9 Å². The largest absolute Gasteiger partial charge is 0.508 e. The van der Waals surface area contributed by atoms with Gasteiger partial charge < -0.3 is 31.7 Å². The first-order valence-corrected chi connectivity index (χ1v) is 11.2. The normalized spacial score (nSPS) is 25.3. The molecule has 1 fully saturated rings. The lowest BCUT2D eigenvalue weighted by Crippen LogP contribution is -2.57. The third-order valence-electron chi connectivity index (χ3n) is 5.30. The summed E-state index contributed by atoms with van der Waals surface area (Å²) in [5.41, 5.74) is 0.668. The lowest BCUT2D eigenvalue weighted by molar-refractivity contribution is -0.134. The van der Waals surface area contributed by atoms with Crippen molar-refractivity contribution in [2.45, 2.75) is 64.7 Å². The maximum Gasteiger partial charge on any atom is 0.243 e. The molecular weight excluding hydrogens is 442 g/mol. The number of phenols is 1. The summed E-state index contributed by atoms with van der Waals surface area (Å²) >= 11 is 0. The van der Waals surface area contributed by atoms with Crippen LogP contribution in [0.3, 0.4) is 0 Å². The number of benzene rings is 1. The molecule has 186 valence electrons. The molecule has 11 nitrogen and oxygen atoms in total. The molecule has 1 aromatic carbocycles. The predicted molar refractivity (Wildman–Crippen MR) is 123 cm³/mol. The highest BCUT2D eigenvalue weighted by molar-refractivity contribution is 5.96. The second-order valence-corrected chi connectivity index (χ2v) is 8.86. The van der Waals surface area contributed by atoms with Crippen LogP contribution in [0.25, 0.3) is 0 Å². The van der Waals surface area contributed by atoms with Crippen molar-refractivity contribution < 1.29 is 29.1 Å². The number of nitrogens with one attached hydrogen (secondary N) is 5. The van der Waals surface area contributed by atoms with Crippen molar-refractivity contribution in [3.05, 3.63) is 29.8 Å². The fraction of sp³-hybridized carbons (Fsp3) is 0.522. The number of hydrogen-bond acceptors (Lipinski definition) is 6. The van der Waals surface area contributed by atoms with Gasteiger partial charge in [-0.25, -0.2) is 0 Å². The summed E-state index contributed by atoms with van der Waals surface area (Å²) in [6.07, 6.45) is 0.396. The molecule has 1 aliphatic heterocycles. The molecule has 2 rings (SSSR count). The Balaban J connectivity index is 2.35. The maximum atomic E-state index is 13.2. The average Bonchev–Trinajstić information content (AvgIpc) is 2.76. The van der Waals surface area contributed by atoms with Gasteiger partial charge in [-0.3, -0.25) is 24.0 Å². The number of carbonyl (C=O) groups is 5. The first kappa shape index (κ1) is 26.6. The molecule has 0 radical (unpaired) electrons. The van der Waals surface area contributed by atoms with Gasteiger partial charge in [-0.15, -0.1) is 0 Å². The Hall–Kier alpha value is -3.63. The quantitative estimate of drug-likeness (QED) is 0.330. The van der Waals surface area contributed by atoms with Gasteiger partial charge in [0.25, 0.3) is 0 Å². The Morgan fingerprint density at radius 3 is 1.97 bits per heavy atom. The molecule has 11 heteroatoms. The minimum absolute atomic E-state index is 0.0502. The Labute approximate surface area is 198 Å². The van der Waals surface area contributed by atoms with E-state index < -0.39 is 53.7 Å². The van der Waals surface area contributed by atoms with Crippen LogP contribution in [-0.2, 0) is 30.4 Å². The second kappa shape index (κ2) is 12.0. The number of amides is 5. The van der Waals surface area contributed by atoms with E-state index in [1.54, 1.807) is 12.1 Å². The van der Waals surface area contributed by atoms with E-state index in [0.29, 0.717) is 12.0 Å². The van der Waals surface area contributed by atoms with Crippen LogP contribution < -0.4 is 26.6 Å². The summed E-state index contributed by atoms with van der Waals surface area (Å²) in [5, 5.41) is 22.3. The zero-order valence-electron chi connectivity index (χ0n) is 19.8. The molecule has 0 unspecified atom stereocenters. The SMILES string of the molecule is CC(C)C[C@@H]1NC(=O)[C@H](Cc2ccc(O)cc2)NC(=O)[C@H](C)NC(=O)CNC(=O)[C@@H](C)NC1=O. The molecule has 1 aliphatic rings. The number of hydrogen-bond donors (Lipinski definition) is 6. The van der Waals surface area contributed by atoms with E-state index in [9.17, 15) is 29.1 Å². The van der Waals surface area contributed by atoms with E-state index >= 15 is 0 Å². The molecule has 4 atom stereocenters. The van der Waals surface area contributed by atoms with Crippen LogP contribution in [-0.4, -0.2) is 65.4 Å². The van der Waals surface area contributed by atoms with Gasteiger partial charge in [-0.1, -0.05) is 26.0 Å². The van der Waals surface area contributed by atoms with Crippen LogP contribution in [0, 0.1) is 5.92 Å². The van der Waals surface area contributed by atoms with E-state index in [1.807, 2.05) is 13.8 Å². The highest BCUT2D eigenvalue weighted by atomic mass is 16.3. The number of carbonyl (C=O) groups excluding carboxylic acids is 5. The Bertz CT molecular complexity index is 917. The fourth-order valence-corrected chi connectivity index (χ4v) is 3.41. The van der Waals surface area contributed by atoms with Crippen LogP contribution in [0.5, 0.6) is 5.75 Å². The number of phenolic OH excluding ortho intramolecular Hbond substituents is 1. The molecule has 0 aromatic heterocycles. The lowest BCUT2D eigenvalue weighted by atomic mass is 10.0. The van der Waals surface area contributed by atoms with Gasteiger partial charge in [0.1, 0.15) is 29.9 Å². The van der Waals surface area contributed by atoms with E-state index in [0.717, 1.165) is 0 Å². The molecule has 34 heavy (non-hydrogen) atoms. The zero-order chi connectivity index (χ0) is 25.4. The first-order valence-electron chi connectivity index (χ1n) is 11.2. The van der Waals surface area contributed by atoms with Crippen molar-refractivity contribution in [3.8, 4) is 5.75 Å². The van der Waals surface area contributed by atoms with Gasteiger partial charge in [-0.2, -0.15) is 0 Å². The summed E-state index contributed by atoms with van der Waals surface area (Å²) in [6, 6.07) is 2.25. The standard InChI is InChI=1S/C23H33N5O6/c1-12(2)9-17-22(33)26-13(3)20(31)24-11-19(30)25-14(4)21(32)27-18(23(34)28-17)10-15-5-7-16(29)8-6-15/h5-8,12-14,17-18,29H,9-11H2,1-4H3,(H,24,31)(H,25,30)(H,26,33)(H,27,32)(H,28,34)/t13-,14+,17+,18+/m1/s1.